The molecule has 1 heterocycles. The Hall–Kier alpha value is -1.84. The van der Waals surface area contributed by atoms with Crippen molar-refractivity contribution in [3.63, 3.8) is 0 Å². The molecule has 26 heavy (non-hydrogen) atoms. The molecule has 1 atom stereocenters. The van der Waals surface area contributed by atoms with Gasteiger partial charge in [0.05, 0.1) is 0 Å². The molecule has 0 saturated carbocycles. The van der Waals surface area contributed by atoms with Crippen molar-refractivity contribution in [1.82, 2.24) is 9.80 Å². The quantitative estimate of drug-likeness (QED) is 0.828. The number of likely N-dealkylation sites (tertiary alicyclic amines) is 1. The van der Waals surface area contributed by atoms with Crippen LogP contribution in [0.3, 0.4) is 0 Å². The van der Waals surface area contributed by atoms with Gasteiger partial charge in [0.25, 0.3) is 0 Å². The molecule has 1 aliphatic heterocycles. The fourth-order valence-electron chi connectivity index (χ4n) is 4.74. The van der Waals surface area contributed by atoms with E-state index in [1.807, 2.05) is 19.0 Å². The molecule has 1 fully saturated rings. The maximum absolute atomic E-state index is 12.4. The second-order valence-corrected chi connectivity index (χ2v) is 8.74. The van der Waals surface area contributed by atoms with Gasteiger partial charge in [-0.2, -0.15) is 0 Å². The first kappa shape index (κ1) is 18.9. The van der Waals surface area contributed by atoms with Gasteiger partial charge in [0, 0.05) is 40.0 Å². The Balaban J connectivity index is 1.75. The summed E-state index contributed by atoms with van der Waals surface area (Å²) in [5.74, 6) is 1.21. The largest absolute Gasteiger partial charge is 0.349 e. The normalized spacial score (nSPS) is 21.1. The van der Waals surface area contributed by atoms with Crippen LogP contribution in [-0.2, 0) is 15.0 Å². The van der Waals surface area contributed by atoms with Crippen LogP contribution >= 0.6 is 0 Å². The zero-order valence-corrected chi connectivity index (χ0v) is 16.6. The van der Waals surface area contributed by atoms with E-state index in [2.05, 4.69) is 38.1 Å². The van der Waals surface area contributed by atoms with Gasteiger partial charge in [-0.1, -0.05) is 38.1 Å². The van der Waals surface area contributed by atoms with E-state index in [-0.39, 0.29) is 11.3 Å². The Bertz CT molecular complexity index is 672. The molecular formula is C22H32N2O2. The molecule has 0 aromatic heterocycles. The van der Waals surface area contributed by atoms with Crippen molar-refractivity contribution < 1.29 is 9.59 Å². The van der Waals surface area contributed by atoms with E-state index in [1.54, 1.807) is 4.90 Å². The number of fused-ring (bicyclic) bond motifs is 2. The lowest BCUT2D eigenvalue weighted by Crippen LogP contribution is -2.44. The minimum atomic E-state index is 0.141. The summed E-state index contributed by atoms with van der Waals surface area (Å²) >= 11 is 0. The molecule has 0 unspecified atom stereocenters. The first-order valence-electron chi connectivity index (χ1n) is 9.90. The standard InChI is InChI=1S/C22H32N2O2/c1-16(2)13-21(26)24-11-9-22(10-12-24)15-17(14-20(25)23(3)4)18-7-5-6-8-19(18)22/h5-8,16-17H,9-15H2,1-4H3/t17-/m0/s1. The highest BCUT2D eigenvalue weighted by Gasteiger charge is 2.46. The van der Waals surface area contributed by atoms with Gasteiger partial charge in [-0.15, -0.1) is 0 Å². The third-order valence-corrected chi connectivity index (χ3v) is 6.19. The molecular weight excluding hydrogens is 324 g/mol. The number of carbonyl (C=O) groups is 2. The summed E-state index contributed by atoms with van der Waals surface area (Å²) in [5.41, 5.74) is 2.92. The molecule has 1 aromatic carbocycles. The zero-order chi connectivity index (χ0) is 18.9. The molecule has 1 aromatic rings. The number of nitrogens with zero attached hydrogens (tertiary/aromatic N) is 2. The van der Waals surface area contributed by atoms with Crippen LogP contribution in [-0.4, -0.2) is 48.8 Å². The highest BCUT2D eigenvalue weighted by atomic mass is 16.2. The zero-order valence-electron chi connectivity index (χ0n) is 16.6. The van der Waals surface area contributed by atoms with Gasteiger partial charge in [-0.05, 0) is 47.6 Å². The van der Waals surface area contributed by atoms with Crippen molar-refractivity contribution in [2.75, 3.05) is 27.2 Å². The summed E-state index contributed by atoms with van der Waals surface area (Å²) in [7, 11) is 3.66. The molecule has 1 spiro atoms. The van der Waals surface area contributed by atoms with E-state index < -0.39 is 0 Å². The van der Waals surface area contributed by atoms with Crippen LogP contribution in [0, 0.1) is 5.92 Å². The molecule has 1 saturated heterocycles. The van der Waals surface area contributed by atoms with Crippen molar-refractivity contribution in [3.8, 4) is 0 Å². The third kappa shape index (κ3) is 3.65. The van der Waals surface area contributed by atoms with Crippen LogP contribution in [0.2, 0.25) is 0 Å². The van der Waals surface area contributed by atoms with Gasteiger partial charge in [0.2, 0.25) is 11.8 Å². The monoisotopic (exact) mass is 356 g/mol. The number of amides is 2. The molecule has 0 radical (unpaired) electrons. The van der Waals surface area contributed by atoms with Crippen LogP contribution in [0.4, 0.5) is 0 Å². The van der Waals surface area contributed by atoms with Crippen LogP contribution in [0.5, 0.6) is 0 Å². The third-order valence-electron chi connectivity index (χ3n) is 6.19. The Morgan fingerprint density at radius 2 is 1.85 bits per heavy atom. The van der Waals surface area contributed by atoms with Gasteiger partial charge in [0.1, 0.15) is 0 Å². The average Bonchev–Trinajstić information content (AvgIpc) is 2.89. The number of hydrogen-bond acceptors (Lipinski definition) is 2. The topological polar surface area (TPSA) is 40.6 Å². The lowest BCUT2D eigenvalue weighted by Gasteiger charge is -2.40. The molecule has 3 rings (SSSR count). The first-order chi connectivity index (χ1) is 12.3. The van der Waals surface area contributed by atoms with Crippen LogP contribution in [0.25, 0.3) is 0 Å². The molecule has 2 aliphatic rings. The Morgan fingerprint density at radius 3 is 2.46 bits per heavy atom. The lowest BCUT2D eigenvalue weighted by atomic mass is 9.73. The van der Waals surface area contributed by atoms with Crippen LogP contribution in [0.1, 0.15) is 63.0 Å². The molecule has 2 amide bonds. The summed E-state index contributed by atoms with van der Waals surface area (Å²) in [5, 5.41) is 0. The van der Waals surface area contributed by atoms with Crippen molar-refractivity contribution >= 4 is 11.8 Å². The highest BCUT2D eigenvalue weighted by Crippen LogP contribution is 2.52. The minimum Gasteiger partial charge on any atom is -0.349 e. The summed E-state index contributed by atoms with van der Waals surface area (Å²) < 4.78 is 0. The van der Waals surface area contributed by atoms with Crippen molar-refractivity contribution in [2.24, 2.45) is 5.92 Å². The number of benzene rings is 1. The first-order valence-corrected chi connectivity index (χ1v) is 9.90. The van der Waals surface area contributed by atoms with Crippen molar-refractivity contribution in [1.29, 1.82) is 0 Å². The van der Waals surface area contributed by atoms with Crippen LogP contribution < -0.4 is 0 Å². The van der Waals surface area contributed by atoms with E-state index in [1.165, 1.54) is 11.1 Å². The lowest BCUT2D eigenvalue weighted by molar-refractivity contribution is -0.133. The molecule has 4 heteroatoms. The number of hydrogen-bond donors (Lipinski definition) is 0. The second-order valence-electron chi connectivity index (χ2n) is 8.74. The Labute approximate surface area is 157 Å². The molecule has 142 valence electrons. The van der Waals surface area contributed by atoms with Gasteiger partial charge in [0.15, 0.2) is 0 Å². The minimum absolute atomic E-state index is 0.141. The smallest absolute Gasteiger partial charge is 0.222 e. The fourth-order valence-corrected chi connectivity index (χ4v) is 4.74. The summed E-state index contributed by atoms with van der Waals surface area (Å²) in [6, 6.07) is 8.66. The maximum Gasteiger partial charge on any atom is 0.222 e. The molecule has 0 N–H and O–H groups in total. The number of piperidine rings is 1. The van der Waals surface area contributed by atoms with E-state index in [9.17, 15) is 9.59 Å². The van der Waals surface area contributed by atoms with E-state index >= 15 is 0 Å². The Kier molecular flexibility index (Phi) is 5.40. The summed E-state index contributed by atoms with van der Waals surface area (Å²) in [6.45, 7) is 5.88. The second kappa shape index (κ2) is 7.42. The van der Waals surface area contributed by atoms with E-state index in [0.29, 0.717) is 30.6 Å². The average molecular weight is 357 g/mol. The maximum atomic E-state index is 12.4. The summed E-state index contributed by atoms with van der Waals surface area (Å²) in [4.78, 5) is 28.5. The predicted octanol–water partition coefficient (Wildman–Crippen LogP) is 3.56. The van der Waals surface area contributed by atoms with Gasteiger partial charge in [-0.25, -0.2) is 0 Å². The van der Waals surface area contributed by atoms with E-state index in [0.717, 1.165) is 32.4 Å². The van der Waals surface area contributed by atoms with Gasteiger partial charge < -0.3 is 9.80 Å². The van der Waals surface area contributed by atoms with Crippen molar-refractivity contribution in [2.45, 2.75) is 57.3 Å². The van der Waals surface area contributed by atoms with Gasteiger partial charge in [-0.3, -0.25) is 9.59 Å². The van der Waals surface area contributed by atoms with Gasteiger partial charge >= 0.3 is 0 Å². The van der Waals surface area contributed by atoms with Crippen molar-refractivity contribution in [3.05, 3.63) is 35.4 Å². The number of rotatable bonds is 4. The Morgan fingerprint density at radius 1 is 1.19 bits per heavy atom. The number of carbonyl (C=O) groups excluding carboxylic acids is 2. The SMILES string of the molecule is CC(C)CC(=O)N1CCC2(CC1)C[C@H](CC(=O)N(C)C)c1ccccc12. The molecule has 4 nitrogen and oxygen atoms in total. The van der Waals surface area contributed by atoms with Crippen LogP contribution in [0.15, 0.2) is 24.3 Å². The molecule has 1 aliphatic carbocycles. The summed E-state index contributed by atoms with van der Waals surface area (Å²) in [6.07, 6.45) is 4.30. The van der Waals surface area contributed by atoms with E-state index in [4.69, 9.17) is 0 Å². The highest BCUT2D eigenvalue weighted by molar-refractivity contribution is 5.77. The predicted molar refractivity (Wildman–Crippen MR) is 104 cm³/mol. The molecule has 0 bridgehead atoms. The fraction of sp³-hybridized carbons (Fsp3) is 0.636.